The number of amides is 2. The number of esters is 1. The minimum Gasteiger partial charge on any atom is -0.451 e. The maximum atomic E-state index is 12.7. The van der Waals surface area contributed by atoms with Crippen LogP contribution in [0.5, 0.6) is 0 Å². The number of benzene rings is 2. The lowest BCUT2D eigenvalue weighted by Crippen LogP contribution is -2.35. The zero-order valence-electron chi connectivity index (χ0n) is 18.8. The van der Waals surface area contributed by atoms with Gasteiger partial charge in [-0.1, -0.05) is 36.8 Å². The molecule has 180 valence electrons. The van der Waals surface area contributed by atoms with E-state index in [1.54, 1.807) is 24.3 Å². The van der Waals surface area contributed by atoms with Gasteiger partial charge in [-0.05, 0) is 48.7 Å². The summed E-state index contributed by atoms with van der Waals surface area (Å²) in [6, 6.07) is 14.7. The summed E-state index contributed by atoms with van der Waals surface area (Å²) in [6.45, 7) is 1.68. The highest BCUT2D eigenvalue weighted by molar-refractivity contribution is 7.89. The van der Waals surface area contributed by atoms with Gasteiger partial charge in [0.1, 0.15) is 5.70 Å². The fraction of sp³-hybridized carbons (Fsp3) is 0.292. The second kappa shape index (κ2) is 11.6. The summed E-state index contributed by atoms with van der Waals surface area (Å²) in [7, 11) is -3.56. The van der Waals surface area contributed by atoms with E-state index < -0.39 is 34.4 Å². The van der Waals surface area contributed by atoms with Crippen LogP contribution in [0.15, 0.2) is 65.2 Å². The minimum atomic E-state index is -3.56. The molecule has 0 spiro atoms. The quantitative estimate of drug-likeness (QED) is 0.438. The second-order valence-corrected chi connectivity index (χ2v) is 9.70. The van der Waals surface area contributed by atoms with Gasteiger partial charge in [-0.15, -0.1) is 0 Å². The molecule has 0 unspecified atom stereocenters. The lowest BCUT2D eigenvalue weighted by Gasteiger charge is -2.25. The van der Waals surface area contributed by atoms with Crippen molar-refractivity contribution in [2.45, 2.75) is 31.1 Å². The van der Waals surface area contributed by atoms with E-state index in [-0.39, 0.29) is 10.6 Å². The van der Waals surface area contributed by atoms with E-state index in [0.717, 1.165) is 19.3 Å². The van der Waals surface area contributed by atoms with E-state index in [2.05, 4.69) is 10.6 Å². The van der Waals surface area contributed by atoms with Crippen LogP contribution in [0.4, 0.5) is 5.69 Å². The number of hydrogen-bond donors (Lipinski definition) is 2. The summed E-state index contributed by atoms with van der Waals surface area (Å²) in [4.78, 5) is 36.2. The van der Waals surface area contributed by atoms with Gasteiger partial charge in [0.15, 0.2) is 6.61 Å². The maximum absolute atomic E-state index is 12.7. The van der Waals surface area contributed by atoms with Crippen LogP contribution in [-0.2, 0) is 29.1 Å². The molecule has 1 aliphatic heterocycles. The lowest BCUT2D eigenvalue weighted by molar-refractivity contribution is -0.144. The molecule has 3 rings (SSSR count). The Bertz CT molecular complexity index is 1150. The van der Waals surface area contributed by atoms with Crippen LogP contribution in [0, 0.1) is 0 Å². The van der Waals surface area contributed by atoms with Gasteiger partial charge in [-0.3, -0.25) is 9.59 Å². The van der Waals surface area contributed by atoms with Crippen molar-refractivity contribution < 1.29 is 27.5 Å². The maximum Gasteiger partial charge on any atom is 0.355 e. The van der Waals surface area contributed by atoms with Crippen molar-refractivity contribution >= 4 is 39.6 Å². The largest absolute Gasteiger partial charge is 0.451 e. The molecule has 0 aliphatic carbocycles. The Balaban J connectivity index is 1.58. The van der Waals surface area contributed by atoms with Crippen molar-refractivity contribution in [3.05, 3.63) is 65.9 Å². The van der Waals surface area contributed by atoms with E-state index in [9.17, 15) is 22.8 Å². The van der Waals surface area contributed by atoms with Gasteiger partial charge in [0, 0.05) is 25.7 Å². The summed E-state index contributed by atoms with van der Waals surface area (Å²) in [6.07, 6.45) is 4.16. The number of rotatable bonds is 8. The van der Waals surface area contributed by atoms with E-state index in [1.165, 1.54) is 41.6 Å². The van der Waals surface area contributed by atoms with Crippen molar-refractivity contribution in [1.29, 1.82) is 0 Å². The number of anilines is 1. The molecule has 0 radical (unpaired) electrons. The number of piperidine rings is 1. The van der Waals surface area contributed by atoms with Crippen molar-refractivity contribution in [2.24, 2.45) is 0 Å². The Hall–Kier alpha value is -3.50. The normalized spacial score (nSPS) is 14.8. The first-order valence-electron chi connectivity index (χ1n) is 10.9. The molecule has 2 aromatic carbocycles. The van der Waals surface area contributed by atoms with Gasteiger partial charge >= 0.3 is 5.97 Å². The van der Waals surface area contributed by atoms with Crippen LogP contribution in [0.25, 0.3) is 6.08 Å². The molecule has 1 aliphatic rings. The van der Waals surface area contributed by atoms with Crippen LogP contribution in [0.3, 0.4) is 0 Å². The number of carbonyl (C=O) groups is 3. The summed E-state index contributed by atoms with van der Waals surface area (Å²) >= 11 is 0. The van der Waals surface area contributed by atoms with Crippen LogP contribution in [0.2, 0.25) is 0 Å². The standard InChI is InChI=1S/C24H27N3O6S/c1-18(28)25-22(16-19-8-4-2-5-9-19)24(30)33-17-23(29)26-20-10-12-21(13-11-20)34(31,32)27-14-6-3-7-15-27/h2,4-5,8-13,16H,3,6-7,14-15,17H2,1H3,(H,25,28)(H,26,29)/b22-16+. The average molecular weight is 486 g/mol. The van der Waals surface area contributed by atoms with Gasteiger partial charge in [0.05, 0.1) is 4.90 Å². The molecule has 1 saturated heterocycles. The molecule has 10 heteroatoms. The Kier molecular flexibility index (Phi) is 8.55. The number of nitrogens with one attached hydrogen (secondary N) is 2. The molecular weight excluding hydrogens is 458 g/mol. The molecule has 9 nitrogen and oxygen atoms in total. The third-order valence-electron chi connectivity index (χ3n) is 5.07. The van der Waals surface area contributed by atoms with Crippen molar-refractivity contribution in [1.82, 2.24) is 9.62 Å². The highest BCUT2D eigenvalue weighted by Gasteiger charge is 2.25. The zero-order chi connectivity index (χ0) is 24.6. The summed E-state index contributed by atoms with van der Waals surface area (Å²) < 4.78 is 31.9. The van der Waals surface area contributed by atoms with Crippen molar-refractivity contribution in [2.75, 3.05) is 25.0 Å². The van der Waals surface area contributed by atoms with Crippen LogP contribution in [0.1, 0.15) is 31.7 Å². The summed E-state index contributed by atoms with van der Waals surface area (Å²) in [5.41, 5.74) is 0.937. The molecule has 0 bridgehead atoms. The molecule has 0 aromatic heterocycles. The lowest BCUT2D eigenvalue weighted by atomic mass is 10.2. The SMILES string of the molecule is CC(=O)N/C(=C/c1ccccc1)C(=O)OCC(=O)Nc1ccc(S(=O)(=O)N2CCCCC2)cc1. The fourth-order valence-corrected chi connectivity index (χ4v) is 4.94. The van der Waals surface area contributed by atoms with Gasteiger partial charge in [-0.2, -0.15) is 4.31 Å². The molecule has 2 aromatic rings. The third-order valence-corrected chi connectivity index (χ3v) is 6.98. The molecule has 1 fully saturated rings. The first-order chi connectivity index (χ1) is 16.3. The predicted octanol–water partition coefficient (Wildman–Crippen LogP) is 2.52. The summed E-state index contributed by atoms with van der Waals surface area (Å²) in [5, 5.41) is 4.96. The molecule has 34 heavy (non-hydrogen) atoms. The Morgan fingerprint density at radius 3 is 2.24 bits per heavy atom. The third kappa shape index (κ3) is 7.00. The van der Waals surface area contributed by atoms with E-state index >= 15 is 0 Å². The highest BCUT2D eigenvalue weighted by Crippen LogP contribution is 2.22. The van der Waals surface area contributed by atoms with E-state index in [0.29, 0.717) is 24.3 Å². The molecule has 0 atom stereocenters. The molecular formula is C24H27N3O6S. The van der Waals surface area contributed by atoms with E-state index in [4.69, 9.17) is 4.74 Å². The Morgan fingerprint density at radius 1 is 0.971 bits per heavy atom. The number of nitrogens with zero attached hydrogens (tertiary/aromatic N) is 1. The van der Waals surface area contributed by atoms with E-state index in [1.807, 2.05) is 6.07 Å². The second-order valence-electron chi connectivity index (χ2n) is 7.76. The Morgan fingerprint density at radius 2 is 1.62 bits per heavy atom. The van der Waals surface area contributed by atoms with Crippen LogP contribution >= 0.6 is 0 Å². The van der Waals surface area contributed by atoms with Gasteiger partial charge in [-0.25, -0.2) is 13.2 Å². The number of sulfonamides is 1. The number of carbonyl (C=O) groups excluding carboxylic acids is 3. The van der Waals surface area contributed by atoms with Gasteiger partial charge in [0.25, 0.3) is 5.91 Å². The first kappa shape index (κ1) is 25.1. The average Bonchev–Trinajstić information content (AvgIpc) is 2.83. The number of hydrogen-bond acceptors (Lipinski definition) is 6. The first-order valence-corrected chi connectivity index (χ1v) is 12.3. The van der Waals surface area contributed by atoms with Gasteiger partial charge < -0.3 is 15.4 Å². The molecule has 0 saturated carbocycles. The van der Waals surface area contributed by atoms with Crippen molar-refractivity contribution in [3.8, 4) is 0 Å². The topological polar surface area (TPSA) is 122 Å². The molecule has 2 N–H and O–H groups in total. The fourth-order valence-electron chi connectivity index (χ4n) is 3.42. The van der Waals surface area contributed by atoms with Gasteiger partial charge in [0.2, 0.25) is 15.9 Å². The zero-order valence-corrected chi connectivity index (χ0v) is 19.6. The van der Waals surface area contributed by atoms with Crippen LogP contribution in [-0.4, -0.2) is 50.2 Å². The number of ether oxygens (including phenoxy) is 1. The minimum absolute atomic E-state index is 0.0984. The summed E-state index contributed by atoms with van der Waals surface area (Å²) in [5.74, 6) is -1.93. The van der Waals surface area contributed by atoms with Crippen LogP contribution < -0.4 is 10.6 Å². The monoisotopic (exact) mass is 485 g/mol. The molecule has 2 amide bonds. The smallest absolute Gasteiger partial charge is 0.355 e. The van der Waals surface area contributed by atoms with Crippen molar-refractivity contribution in [3.63, 3.8) is 0 Å². The highest BCUT2D eigenvalue weighted by atomic mass is 32.2. The predicted molar refractivity (Wildman–Crippen MR) is 127 cm³/mol. The Labute approximate surface area is 198 Å². The molecule has 1 heterocycles.